The summed E-state index contributed by atoms with van der Waals surface area (Å²) in [5.41, 5.74) is 3.21. The molecule has 0 spiro atoms. The van der Waals surface area contributed by atoms with Crippen LogP contribution in [0.15, 0.2) is 77.6 Å². The Morgan fingerprint density at radius 2 is 1.86 bits per heavy atom. The summed E-state index contributed by atoms with van der Waals surface area (Å²) < 4.78 is 34.9. The number of pyridine rings is 1. The summed E-state index contributed by atoms with van der Waals surface area (Å²) in [4.78, 5) is 7.42. The molecule has 0 aliphatic rings. The normalized spacial score (nSPS) is 11.2. The minimum absolute atomic E-state index is 0.0930. The van der Waals surface area contributed by atoms with E-state index in [-0.39, 0.29) is 11.4 Å². The van der Waals surface area contributed by atoms with E-state index in [1.165, 1.54) is 12.1 Å². The van der Waals surface area contributed by atoms with Gasteiger partial charge in [-0.25, -0.2) is 13.8 Å². The van der Waals surface area contributed by atoms with E-state index in [9.17, 15) is 8.78 Å². The van der Waals surface area contributed by atoms with Crippen molar-refractivity contribution in [3.8, 4) is 22.6 Å². The highest BCUT2D eigenvalue weighted by Crippen LogP contribution is 2.24. The first-order valence-electron chi connectivity index (χ1n) is 9.01. The van der Waals surface area contributed by atoms with E-state index in [1.807, 2.05) is 53.4 Å². The Balaban J connectivity index is 1.43. The molecule has 2 aromatic carbocycles. The first-order chi connectivity index (χ1) is 14.2. The van der Waals surface area contributed by atoms with Gasteiger partial charge in [0.1, 0.15) is 22.6 Å². The minimum Gasteiger partial charge on any atom is -0.354 e. The van der Waals surface area contributed by atoms with Gasteiger partial charge in [0.05, 0.1) is 5.56 Å². The van der Waals surface area contributed by atoms with Crippen LogP contribution in [0, 0.1) is 11.6 Å². The van der Waals surface area contributed by atoms with Crippen molar-refractivity contribution in [3.05, 3.63) is 90.5 Å². The van der Waals surface area contributed by atoms with Crippen LogP contribution in [0.5, 0.6) is 0 Å². The molecule has 0 saturated heterocycles. The third-order valence-corrected chi connectivity index (χ3v) is 4.65. The molecule has 7 heteroatoms. The average molecular weight is 389 g/mol. The van der Waals surface area contributed by atoms with E-state index in [4.69, 9.17) is 4.52 Å². The topological polar surface area (TPSA) is 58.6 Å². The van der Waals surface area contributed by atoms with Gasteiger partial charge in [-0.1, -0.05) is 41.6 Å². The molecule has 0 aliphatic heterocycles. The molecule has 0 radical (unpaired) electrons. The second-order valence-electron chi connectivity index (χ2n) is 6.65. The van der Waals surface area contributed by atoms with Crippen molar-refractivity contribution in [2.45, 2.75) is 6.54 Å². The van der Waals surface area contributed by atoms with Crippen LogP contribution < -0.4 is 4.57 Å². The number of nitrogens with zero attached hydrogens (tertiary/aromatic N) is 3. The number of hydrogen-bond donors (Lipinski definition) is 1. The zero-order valence-electron chi connectivity index (χ0n) is 15.1. The van der Waals surface area contributed by atoms with Gasteiger partial charge in [-0.05, 0) is 12.1 Å². The highest BCUT2D eigenvalue weighted by molar-refractivity contribution is 5.77. The van der Waals surface area contributed by atoms with Gasteiger partial charge in [-0.15, -0.1) is 0 Å². The quantitative estimate of drug-likeness (QED) is 0.461. The van der Waals surface area contributed by atoms with E-state index in [0.717, 1.165) is 17.3 Å². The number of rotatable bonds is 4. The van der Waals surface area contributed by atoms with E-state index < -0.39 is 11.6 Å². The molecule has 5 aromatic rings. The van der Waals surface area contributed by atoms with E-state index in [0.29, 0.717) is 23.3 Å². The van der Waals surface area contributed by atoms with Crippen molar-refractivity contribution in [3.63, 3.8) is 0 Å². The maximum Gasteiger partial charge on any atom is 0.208 e. The molecule has 0 bridgehead atoms. The Kier molecular flexibility index (Phi) is 4.13. The Bertz CT molecular complexity index is 1310. The fraction of sp³-hybridized carbons (Fsp3) is 0.0455. The van der Waals surface area contributed by atoms with Crippen LogP contribution >= 0.6 is 0 Å². The van der Waals surface area contributed by atoms with Gasteiger partial charge in [-0.2, -0.15) is 4.57 Å². The smallest absolute Gasteiger partial charge is 0.208 e. The third-order valence-electron chi connectivity index (χ3n) is 4.65. The summed E-state index contributed by atoms with van der Waals surface area (Å²) >= 11 is 0. The Labute approximate surface area is 164 Å². The number of nitrogens with one attached hydrogen (secondary N) is 1. The molecule has 3 aromatic heterocycles. The van der Waals surface area contributed by atoms with Gasteiger partial charge < -0.3 is 9.51 Å². The molecule has 0 amide bonds. The Hall–Kier alpha value is -3.87. The molecule has 29 heavy (non-hydrogen) atoms. The second-order valence-corrected chi connectivity index (χ2v) is 6.65. The molecule has 3 heterocycles. The zero-order chi connectivity index (χ0) is 19.8. The van der Waals surface area contributed by atoms with Crippen molar-refractivity contribution in [1.82, 2.24) is 15.1 Å². The summed E-state index contributed by atoms with van der Waals surface area (Å²) in [6, 6.07) is 17.5. The van der Waals surface area contributed by atoms with Crippen LogP contribution in [-0.4, -0.2) is 15.1 Å². The maximum absolute atomic E-state index is 14.1. The molecule has 0 saturated carbocycles. The summed E-state index contributed by atoms with van der Waals surface area (Å²) in [6.45, 7) is 0.471. The highest BCUT2D eigenvalue weighted by Gasteiger charge is 2.16. The van der Waals surface area contributed by atoms with Crippen molar-refractivity contribution >= 4 is 11.0 Å². The molecule has 1 N–H and O–H groups in total. The monoisotopic (exact) mass is 389 g/mol. The molecule has 5 rings (SSSR count). The summed E-state index contributed by atoms with van der Waals surface area (Å²) in [5, 5.41) is 4.12. The fourth-order valence-electron chi connectivity index (χ4n) is 3.23. The van der Waals surface area contributed by atoms with Crippen molar-refractivity contribution in [2.75, 3.05) is 0 Å². The fourth-order valence-corrected chi connectivity index (χ4v) is 3.23. The molecule has 0 aliphatic carbocycles. The first kappa shape index (κ1) is 17.2. The number of hydrogen-bond acceptors (Lipinski definition) is 3. The number of fused-ring (bicyclic) bond motifs is 1. The van der Waals surface area contributed by atoms with Gasteiger partial charge in [0, 0.05) is 17.7 Å². The number of imidazole rings is 1. The molecule has 5 nitrogen and oxygen atoms in total. The first-order valence-corrected chi connectivity index (χ1v) is 9.01. The molecule has 0 fully saturated rings. The highest BCUT2D eigenvalue weighted by atomic mass is 19.2. The molecular weight excluding hydrogens is 374 g/mol. The van der Waals surface area contributed by atoms with E-state index in [2.05, 4.69) is 15.1 Å². The van der Waals surface area contributed by atoms with Crippen LogP contribution in [0.3, 0.4) is 0 Å². The SMILES string of the molecule is Fc1cccc(-c2nc3cc[n+](Cc4cc(-c5ccccc5)no4)cc3[nH]2)c1F. The molecule has 142 valence electrons. The van der Waals surface area contributed by atoms with Crippen molar-refractivity contribution in [1.29, 1.82) is 0 Å². The third kappa shape index (κ3) is 3.27. The van der Waals surface area contributed by atoms with Crippen molar-refractivity contribution < 1.29 is 17.9 Å². The number of aromatic amines is 1. The van der Waals surface area contributed by atoms with Crippen molar-refractivity contribution in [2.24, 2.45) is 0 Å². The summed E-state index contributed by atoms with van der Waals surface area (Å²) in [5.74, 6) is -0.850. The van der Waals surface area contributed by atoms with Gasteiger partial charge in [0.25, 0.3) is 0 Å². The second kappa shape index (κ2) is 6.94. The lowest BCUT2D eigenvalue weighted by Crippen LogP contribution is -2.32. The van der Waals surface area contributed by atoms with E-state index >= 15 is 0 Å². The lowest BCUT2D eigenvalue weighted by atomic mass is 10.1. The van der Waals surface area contributed by atoms with Crippen LogP contribution in [0.2, 0.25) is 0 Å². The molecule has 0 atom stereocenters. The Morgan fingerprint density at radius 1 is 1.00 bits per heavy atom. The Morgan fingerprint density at radius 3 is 2.72 bits per heavy atom. The van der Waals surface area contributed by atoms with Crippen LogP contribution in [-0.2, 0) is 6.54 Å². The summed E-state index contributed by atoms with van der Waals surface area (Å²) in [7, 11) is 0. The standard InChI is InChI=1S/C22H14F2N4O/c23-17-8-4-7-16(21(17)24)22-25-18-9-10-28(13-20(18)26-22)12-15-11-19(27-29-15)14-5-2-1-3-6-14/h1-11,13H,12H2/p+1. The van der Waals surface area contributed by atoms with Crippen LogP contribution in [0.4, 0.5) is 8.78 Å². The van der Waals surface area contributed by atoms with Gasteiger partial charge in [0.2, 0.25) is 12.3 Å². The van der Waals surface area contributed by atoms with Gasteiger partial charge >= 0.3 is 0 Å². The number of halogens is 2. The zero-order valence-corrected chi connectivity index (χ0v) is 15.1. The summed E-state index contributed by atoms with van der Waals surface area (Å²) in [6.07, 6.45) is 3.69. The predicted octanol–water partition coefficient (Wildman–Crippen LogP) is 4.50. The van der Waals surface area contributed by atoms with Gasteiger partial charge in [0.15, 0.2) is 24.0 Å². The molecule has 0 unspecified atom stereocenters. The van der Waals surface area contributed by atoms with Crippen LogP contribution in [0.1, 0.15) is 5.76 Å². The maximum atomic E-state index is 14.1. The predicted molar refractivity (Wildman–Crippen MR) is 103 cm³/mol. The lowest BCUT2D eigenvalue weighted by Gasteiger charge is -1.99. The number of benzene rings is 2. The van der Waals surface area contributed by atoms with Crippen LogP contribution in [0.25, 0.3) is 33.7 Å². The minimum atomic E-state index is -0.922. The van der Waals surface area contributed by atoms with Gasteiger partial charge in [-0.3, -0.25) is 0 Å². The number of aromatic nitrogens is 4. The molecular formula is C22H15F2N4O+. The lowest BCUT2D eigenvalue weighted by molar-refractivity contribution is -0.688. The average Bonchev–Trinajstić information content (AvgIpc) is 3.37. The number of H-pyrrole nitrogens is 1. The van der Waals surface area contributed by atoms with E-state index in [1.54, 1.807) is 6.07 Å². The largest absolute Gasteiger partial charge is 0.354 e.